The van der Waals surface area contributed by atoms with E-state index in [1.807, 2.05) is 0 Å². The number of carbonyl (C=O) groups excluding carboxylic acids is 2. The maximum atomic E-state index is 12.0. The van der Waals surface area contributed by atoms with E-state index in [9.17, 15) is 19.7 Å². The standard InChI is InChI=1S/C19H23N3O8/c1-19(2,3)30-18(24)21-12(17(23)27-4)9-28-15-7-11-14(8-13(15)22(25)26)29-16(20-11)10-5-6-10/h7-8,10,12H,5-6,9H2,1-4H3,(H,21,24)/t12-/m0/s1. The zero-order valence-corrected chi connectivity index (χ0v) is 17.1. The molecule has 1 atom stereocenters. The van der Waals surface area contributed by atoms with Crippen molar-refractivity contribution in [3.63, 3.8) is 0 Å². The van der Waals surface area contributed by atoms with Gasteiger partial charge in [0.1, 0.15) is 17.7 Å². The Morgan fingerprint density at radius 1 is 1.37 bits per heavy atom. The number of amides is 1. The van der Waals surface area contributed by atoms with Crippen molar-refractivity contribution in [1.29, 1.82) is 0 Å². The van der Waals surface area contributed by atoms with Crippen LogP contribution in [0.25, 0.3) is 11.1 Å². The number of nitrogens with one attached hydrogen (secondary N) is 1. The molecular weight excluding hydrogens is 398 g/mol. The Kier molecular flexibility index (Phi) is 5.81. The van der Waals surface area contributed by atoms with Crippen molar-refractivity contribution in [2.75, 3.05) is 13.7 Å². The van der Waals surface area contributed by atoms with E-state index in [1.54, 1.807) is 20.8 Å². The lowest BCUT2D eigenvalue weighted by Crippen LogP contribution is -2.47. The van der Waals surface area contributed by atoms with Crippen molar-refractivity contribution in [2.45, 2.75) is 51.2 Å². The molecule has 2 aromatic rings. The summed E-state index contributed by atoms with van der Waals surface area (Å²) in [5.41, 5.74) is -0.428. The van der Waals surface area contributed by atoms with Gasteiger partial charge in [-0.25, -0.2) is 14.6 Å². The molecule has 1 aliphatic carbocycles. The summed E-state index contributed by atoms with van der Waals surface area (Å²) in [4.78, 5) is 39.2. The van der Waals surface area contributed by atoms with E-state index in [0.717, 1.165) is 20.0 Å². The summed E-state index contributed by atoms with van der Waals surface area (Å²) >= 11 is 0. The molecule has 0 saturated heterocycles. The van der Waals surface area contributed by atoms with Crippen LogP contribution in [0.1, 0.15) is 45.4 Å². The molecular formula is C19H23N3O8. The number of nitro groups is 1. The van der Waals surface area contributed by atoms with E-state index >= 15 is 0 Å². The SMILES string of the molecule is COC(=O)[C@H](COc1cc2nc(C3CC3)oc2cc1[N+](=O)[O-])NC(=O)OC(C)(C)C. The van der Waals surface area contributed by atoms with Gasteiger partial charge in [0.05, 0.1) is 18.1 Å². The van der Waals surface area contributed by atoms with Gasteiger partial charge in [0, 0.05) is 12.0 Å². The number of benzene rings is 1. The Bertz CT molecular complexity index is 974. The maximum Gasteiger partial charge on any atom is 0.408 e. The lowest BCUT2D eigenvalue weighted by molar-refractivity contribution is -0.385. The smallest absolute Gasteiger partial charge is 0.408 e. The fourth-order valence-electron chi connectivity index (χ4n) is 2.66. The van der Waals surface area contributed by atoms with Crippen molar-refractivity contribution in [3.05, 3.63) is 28.1 Å². The fraction of sp³-hybridized carbons (Fsp3) is 0.526. The first kappa shape index (κ1) is 21.3. The van der Waals surface area contributed by atoms with E-state index in [4.69, 9.17) is 13.9 Å². The van der Waals surface area contributed by atoms with Crippen LogP contribution in [0.4, 0.5) is 10.5 Å². The highest BCUT2D eigenvalue weighted by Gasteiger charge is 2.31. The van der Waals surface area contributed by atoms with Crippen molar-refractivity contribution < 1.29 is 33.1 Å². The van der Waals surface area contributed by atoms with Gasteiger partial charge in [-0.3, -0.25) is 10.1 Å². The monoisotopic (exact) mass is 421 g/mol. The summed E-state index contributed by atoms with van der Waals surface area (Å²) < 4.78 is 20.9. The number of nitro benzene ring substituents is 1. The average molecular weight is 421 g/mol. The van der Waals surface area contributed by atoms with Gasteiger partial charge in [-0.2, -0.15) is 0 Å². The molecule has 3 rings (SSSR count). The number of alkyl carbamates (subject to hydrolysis) is 1. The predicted octanol–water partition coefficient (Wildman–Crippen LogP) is 3.06. The van der Waals surface area contributed by atoms with Crippen LogP contribution in [0.3, 0.4) is 0 Å². The molecule has 1 N–H and O–H groups in total. The third-order valence-electron chi connectivity index (χ3n) is 4.19. The number of esters is 1. The van der Waals surface area contributed by atoms with E-state index in [1.165, 1.54) is 12.1 Å². The first-order valence-electron chi connectivity index (χ1n) is 9.36. The molecule has 30 heavy (non-hydrogen) atoms. The number of rotatable bonds is 7. The largest absolute Gasteiger partial charge is 0.484 e. The lowest BCUT2D eigenvalue weighted by atomic mass is 10.2. The average Bonchev–Trinajstić information content (AvgIpc) is 3.41. The number of ether oxygens (including phenoxy) is 3. The highest BCUT2D eigenvalue weighted by molar-refractivity contribution is 5.82. The number of carbonyl (C=O) groups is 2. The van der Waals surface area contributed by atoms with Gasteiger partial charge < -0.3 is 23.9 Å². The van der Waals surface area contributed by atoms with Gasteiger partial charge in [0.2, 0.25) is 0 Å². The molecule has 0 unspecified atom stereocenters. The maximum absolute atomic E-state index is 12.0. The van der Waals surface area contributed by atoms with Crippen LogP contribution in [0.2, 0.25) is 0 Å². The minimum atomic E-state index is -1.24. The van der Waals surface area contributed by atoms with E-state index in [-0.39, 0.29) is 22.9 Å². The van der Waals surface area contributed by atoms with Crippen molar-refractivity contribution in [1.82, 2.24) is 10.3 Å². The van der Waals surface area contributed by atoms with E-state index < -0.39 is 35.2 Å². The molecule has 1 fully saturated rings. The Morgan fingerprint density at radius 3 is 2.63 bits per heavy atom. The number of oxazole rings is 1. The topological polar surface area (TPSA) is 143 Å². The highest BCUT2D eigenvalue weighted by atomic mass is 16.6. The Hall–Kier alpha value is -3.37. The minimum absolute atomic E-state index is 0.108. The molecule has 1 aromatic heterocycles. The number of fused-ring (bicyclic) bond motifs is 1. The van der Waals surface area contributed by atoms with Crippen LogP contribution >= 0.6 is 0 Å². The molecule has 1 amide bonds. The van der Waals surface area contributed by atoms with Crippen molar-refractivity contribution in [2.24, 2.45) is 0 Å². The molecule has 0 spiro atoms. The van der Waals surface area contributed by atoms with Gasteiger partial charge in [0.15, 0.2) is 23.3 Å². The summed E-state index contributed by atoms with van der Waals surface area (Å²) in [5, 5.41) is 13.8. The van der Waals surface area contributed by atoms with Gasteiger partial charge in [-0.05, 0) is 33.6 Å². The first-order valence-corrected chi connectivity index (χ1v) is 9.36. The molecule has 1 heterocycles. The minimum Gasteiger partial charge on any atom is -0.484 e. The molecule has 0 aliphatic heterocycles. The lowest BCUT2D eigenvalue weighted by Gasteiger charge is -2.22. The zero-order chi connectivity index (χ0) is 22.1. The van der Waals surface area contributed by atoms with Crippen LogP contribution in [0.5, 0.6) is 5.75 Å². The number of aromatic nitrogens is 1. The molecule has 1 saturated carbocycles. The molecule has 0 radical (unpaired) electrons. The van der Waals surface area contributed by atoms with E-state index in [2.05, 4.69) is 15.0 Å². The number of hydrogen-bond donors (Lipinski definition) is 1. The molecule has 1 aliphatic rings. The quantitative estimate of drug-likeness (QED) is 0.405. The fourth-order valence-corrected chi connectivity index (χ4v) is 2.66. The summed E-state index contributed by atoms with van der Waals surface area (Å²) in [5.74, 6) is -0.122. The number of nitrogens with zero attached hydrogens (tertiary/aromatic N) is 2. The van der Waals surface area contributed by atoms with Crippen molar-refractivity contribution in [3.8, 4) is 5.75 Å². The van der Waals surface area contributed by atoms with Crippen LogP contribution in [0, 0.1) is 10.1 Å². The zero-order valence-electron chi connectivity index (χ0n) is 17.1. The predicted molar refractivity (Wildman–Crippen MR) is 103 cm³/mol. The van der Waals surface area contributed by atoms with Gasteiger partial charge in [-0.15, -0.1) is 0 Å². The summed E-state index contributed by atoms with van der Waals surface area (Å²) in [6.07, 6.45) is 1.09. The first-order chi connectivity index (χ1) is 14.1. The summed E-state index contributed by atoms with van der Waals surface area (Å²) in [6, 6.07) is 1.38. The van der Waals surface area contributed by atoms with E-state index in [0.29, 0.717) is 11.4 Å². The number of methoxy groups -OCH3 is 1. The normalized spacial score (nSPS) is 14.8. The third kappa shape index (κ3) is 5.16. The van der Waals surface area contributed by atoms with Crippen LogP contribution in [-0.4, -0.2) is 47.3 Å². The molecule has 11 heteroatoms. The van der Waals surface area contributed by atoms with Crippen molar-refractivity contribution >= 4 is 28.8 Å². The second-order valence-electron chi connectivity index (χ2n) is 7.90. The number of hydrogen-bond acceptors (Lipinski definition) is 9. The van der Waals surface area contributed by atoms with Crippen LogP contribution in [0.15, 0.2) is 16.5 Å². The Labute approximate surface area is 171 Å². The van der Waals surface area contributed by atoms with Crippen LogP contribution < -0.4 is 10.1 Å². The summed E-state index contributed by atoms with van der Waals surface area (Å²) in [7, 11) is 1.15. The third-order valence-corrected chi connectivity index (χ3v) is 4.19. The molecule has 0 bridgehead atoms. The molecule has 162 valence electrons. The molecule has 11 nitrogen and oxygen atoms in total. The van der Waals surface area contributed by atoms with Gasteiger partial charge in [0.25, 0.3) is 0 Å². The van der Waals surface area contributed by atoms with Gasteiger partial charge in [-0.1, -0.05) is 0 Å². The summed E-state index contributed by atoms with van der Waals surface area (Å²) in [6.45, 7) is 4.60. The van der Waals surface area contributed by atoms with Crippen LogP contribution in [-0.2, 0) is 14.3 Å². The second kappa shape index (κ2) is 8.17. The highest BCUT2D eigenvalue weighted by Crippen LogP contribution is 2.42. The molecule has 1 aromatic carbocycles. The van der Waals surface area contributed by atoms with Gasteiger partial charge >= 0.3 is 17.7 Å². The Morgan fingerprint density at radius 2 is 2.07 bits per heavy atom. The second-order valence-corrected chi connectivity index (χ2v) is 7.90. The Balaban J connectivity index is 1.79.